The fraction of sp³-hybridized carbons (Fsp3) is 0.273. The Morgan fingerprint density at radius 1 is 1.04 bits per heavy atom. The van der Waals surface area contributed by atoms with Crippen LogP contribution in [0.4, 0.5) is 0 Å². The van der Waals surface area contributed by atoms with Crippen LogP contribution in [0.1, 0.15) is 25.0 Å². The molecule has 0 spiro atoms. The third-order valence-corrected chi connectivity index (χ3v) is 4.02. The van der Waals surface area contributed by atoms with E-state index in [0.29, 0.717) is 35.3 Å². The van der Waals surface area contributed by atoms with Gasteiger partial charge in [0.15, 0.2) is 17.2 Å². The molecule has 28 heavy (non-hydrogen) atoms. The first-order chi connectivity index (χ1) is 13.5. The second-order valence-electron chi connectivity index (χ2n) is 6.65. The average Bonchev–Trinajstić information content (AvgIpc) is 3.06. The van der Waals surface area contributed by atoms with Crippen LogP contribution in [-0.4, -0.2) is 32.7 Å². The molecular weight excluding hydrogens is 358 g/mol. The van der Waals surface area contributed by atoms with Crippen LogP contribution < -0.4 is 14.2 Å². The lowest BCUT2D eigenvalue weighted by Crippen LogP contribution is -2.07. The van der Waals surface area contributed by atoms with Crippen molar-refractivity contribution in [1.29, 1.82) is 0 Å². The number of rotatable bonds is 7. The lowest BCUT2D eigenvalue weighted by atomic mass is 10.1. The number of carbonyl (C=O) groups is 1. The topological polar surface area (TPSA) is 66.3 Å². The van der Waals surface area contributed by atoms with Crippen molar-refractivity contribution in [3.8, 4) is 17.2 Å². The zero-order valence-corrected chi connectivity index (χ0v) is 16.4. The van der Waals surface area contributed by atoms with Gasteiger partial charge in [0.05, 0.1) is 26.4 Å². The molecule has 1 aliphatic rings. The Hall–Kier alpha value is -3.28. The maximum absolute atomic E-state index is 12.3. The van der Waals surface area contributed by atoms with E-state index in [0.717, 1.165) is 5.56 Å². The summed E-state index contributed by atoms with van der Waals surface area (Å²) < 4.78 is 21.8. The van der Waals surface area contributed by atoms with Crippen LogP contribution in [0.2, 0.25) is 0 Å². The summed E-state index contributed by atoms with van der Waals surface area (Å²) in [4.78, 5) is 16.6. The Balaban J connectivity index is 1.88. The molecule has 6 nitrogen and oxygen atoms in total. The average molecular weight is 381 g/mol. The number of esters is 1. The van der Waals surface area contributed by atoms with E-state index in [1.165, 1.54) is 0 Å². The Labute approximate surface area is 164 Å². The van der Waals surface area contributed by atoms with Crippen LogP contribution in [0.25, 0.3) is 6.08 Å². The highest BCUT2D eigenvalue weighted by molar-refractivity contribution is 6.13. The summed E-state index contributed by atoms with van der Waals surface area (Å²) in [5.41, 5.74) is 1.58. The van der Waals surface area contributed by atoms with Crippen molar-refractivity contribution in [1.82, 2.24) is 0 Å². The van der Waals surface area contributed by atoms with Gasteiger partial charge in [0.25, 0.3) is 0 Å². The van der Waals surface area contributed by atoms with E-state index in [4.69, 9.17) is 18.9 Å². The van der Waals surface area contributed by atoms with E-state index in [9.17, 15) is 4.79 Å². The van der Waals surface area contributed by atoms with E-state index in [2.05, 4.69) is 18.8 Å². The monoisotopic (exact) mass is 381 g/mol. The maximum Gasteiger partial charge on any atom is 0.363 e. The molecule has 1 heterocycles. The minimum atomic E-state index is -0.514. The molecule has 6 heteroatoms. The number of hydrogen-bond acceptors (Lipinski definition) is 6. The zero-order valence-electron chi connectivity index (χ0n) is 16.4. The number of benzene rings is 2. The second-order valence-corrected chi connectivity index (χ2v) is 6.65. The number of para-hydroxylation sites is 1. The molecule has 2 aromatic rings. The first-order valence-electron chi connectivity index (χ1n) is 8.98. The fourth-order valence-electron chi connectivity index (χ4n) is 2.65. The minimum absolute atomic E-state index is 0.207. The lowest BCUT2D eigenvalue weighted by molar-refractivity contribution is -0.129. The molecule has 0 atom stereocenters. The van der Waals surface area contributed by atoms with E-state index in [1.807, 2.05) is 24.3 Å². The van der Waals surface area contributed by atoms with Crippen molar-refractivity contribution < 1.29 is 23.7 Å². The molecular formula is C22H23NO5. The van der Waals surface area contributed by atoms with Gasteiger partial charge in [0.1, 0.15) is 5.75 Å². The number of nitrogens with zero attached hydrogens (tertiary/aromatic N) is 1. The van der Waals surface area contributed by atoms with E-state index in [-0.39, 0.29) is 11.6 Å². The van der Waals surface area contributed by atoms with Gasteiger partial charge in [-0.1, -0.05) is 32.0 Å². The molecule has 0 aromatic heterocycles. The van der Waals surface area contributed by atoms with Crippen molar-refractivity contribution in [3.63, 3.8) is 0 Å². The SMILES string of the molecule is COc1cc(/C=C2\N=C(c3ccccc3OC)OC2=O)ccc1OCC(C)C. The Kier molecular flexibility index (Phi) is 5.99. The quantitative estimate of drug-likeness (QED) is 0.534. The maximum atomic E-state index is 12.3. The van der Waals surface area contributed by atoms with Gasteiger partial charge in [-0.25, -0.2) is 9.79 Å². The summed E-state index contributed by atoms with van der Waals surface area (Å²) >= 11 is 0. The van der Waals surface area contributed by atoms with E-state index in [1.54, 1.807) is 38.5 Å². The van der Waals surface area contributed by atoms with Gasteiger partial charge in [0.2, 0.25) is 5.90 Å². The highest BCUT2D eigenvalue weighted by Crippen LogP contribution is 2.30. The van der Waals surface area contributed by atoms with Gasteiger partial charge < -0.3 is 18.9 Å². The van der Waals surface area contributed by atoms with Gasteiger partial charge in [-0.05, 0) is 41.8 Å². The van der Waals surface area contributed by atoms with Crippen LogP contribution >= 0.6 is 0 Å². The van der Waals surface area contributed by atoms with Crippen molar-refractivity contribution >= 4 is 17.9 Å². The van der Waals surface area contributed by atoms with E-state index < -0.39 is 5.97 Å². The highest BCUT2D eigenvalue weighted by atomic mass is 16.6. The second kappa shape index (κ2) is 8.61. The number of hydrogen-bond donors (Lipinski definition) is 0. The summed E-state index contributed by atoms with van der Waals surface area (Å²) in [5.74, 6) is 1.95. The molecule has 0 saturated carbocycles. The molecule has 0 N–H and O–H groups in total. The van der Waals surface area contributed by atoms with Crippen LogP contribution in [0.15, 0.2) is 53.2 Å². The van der Waals surface area contributed by atoms with E-state index >= 15 is 0 Å². The van der Waals surface area contributed by atoms with Crippen molar-refractivity contribution in [3.05, 3.63) is 59.3 Å². The summed E-state index contributed by atoms with van der Waals surface area (Å²) in [5, 5.41) is 0. The van der Waals surface area contributed by atoms with Gasteiger partial charge in [-0.2, -0.15) is 0 Å². The van der Waals surface area contributed by atoms with Crippen molar-refractivity contribution in [2.24, 2.45) is 10.9 Å². The zero-order chi connectivity index (χ0) is 20.1. The smallest absolute Gasteiger partial charge is 0.363 e. The normalized spacial score (nSPS) is 14.8. The molecule has 0 bridgehead atoms. The van der Waals surface area contributed by atoms with Crippen LogP contribution in [-0.2, 0) is 9.53 Å². The van der Waals surface area contributed by atoms with Crippen molar-refractivity contribution in [2.45, 2.75) is 13.8 Å². The third kappa shape index (κ3) is 4.34. The molecule has 146 valence electrons. The first-order valence-corrected chi connectivity index (χ1v) is 8.98. The summed E-state index contributed by atoms with van der Waals surface area (Å²) in [7, 11) is 3.14. The van der Waals surface area contributed by atoms with Crippen LogP contribution in [0.3, 0.4) is 0 Å². The Morgan fingerprint density at radius 3 is 2.50 bits per heavy atom. The fourth-order valence-corrected chi connectivity index (χ4v) is 2.65. The standard InChI is InChI=1S/C22H23NO5/c1-14(2)13-27-19-10-9-15(12-20(19)26-4)11-17-22(24)28-21(23-17)16-7-5-6-8-18(16)25-3/h5-12,14H,13H2,1-4H3/b17-11-. The lowest BCUT2D eigenvalue weighted by Gasteiger charge is -2.12. The molecule has 0 unspecified atom stereocenters. The number of cyclic esters (lactones) is 1. The molecule has 0 fully saturated rings. The largest absolute Gasteiger partial charge is 0.496 e. The minimum Gasteiger partial charge on any atom is -0.496 e. The van der Waals surface area contributed by atoms with Crippen LogP contribution in [0.5, 0.6) is 17.2 Å². The summed E-state index contributed by atoms with van der Waals surface area (Å²) in [6.07, 6.45) is 1.65. The Morgan fingerprint density at radius 2 is 1.79 bits per heavy atom. The number of aliphatic imine (C=N–C) groups is 1. The molecule has 0 saturated heterocycles. The molecule has 0 aliphatic carbocycles. The summed E-state index contributed by atoms with van der Waals surface area (Å²) in [6.45, 7) is 4.75. The first kappa shape index (κ1) is 19.5. The Bertz CT molecular complexity index is 930. The number of ether oxygens (including phenoxy) is 4. The molecule has 1 aliphatic heterocycles. The van der Waals surface area contributed by atoms with Gasteiger partial charge >= 0.3 is 5.97 Å². The highest BCUT2D eigenvalue weighted by Gasteiger charge is 2.26. The van der Waals surface area contributed by atoms with Crippen LogP contribution in [0, 0.1) is 5.92 Å². The number of carbonyl (C=O) groups excluding carboxylic acids is 1. The van der Waals surface area contributed by atoms with Gasteiger partial charge in [0, 0.05) is 0 Å². The molecule has 0 amide bonds. The number of methoxy groups -OCH3 is 2. The molecule has 3 rings (SSSR count). The van der Waals surface area contributed by atoms with Gasteiger partial charge in [-0.15, -0.1) is 0 Å². The predicted molar refractivity (Wildman–Crippen MR) is 107 cm³/mol. The van der Waals surface area contributed by atoms with Gasteiger partial charge in [-0.3, -0.25) is 0 Å². The summed E-state index contributed by atoms with van der Waals surface area (Å²) in [6, 6.07) is 12.7. The third-order valence-electron chi connectivity index (χ3n) is 4.02. The van der Waals surface area contributed by atoms with Crippen molar-refractivity contribution in [2.75, 3.05) is 20.8 Å². The molecule has 2 aromatic carbocycles. The predicted octanol–water partition coefficient (Wildman–Crippen LogP) is 4.08. The molecule has 0 radical (unpaired) electrons.